The van der Waals surface area contributed by atoms with Gasteiger partial charge in [0.1, 0.15) is 16.4 Å². The molecule has 1 aromatic carbocycles. The van der Waals surface area contributed by atoms with E-state index in [1.54, 1.807) is 35.6 Å². The van der Waals surface area contributed by atoms with Gasteiger partial charge in [-0.3, -0.25) is 14.5 Å². The summed E-state index contributed by atoms with van der Waals surface area (Å²) in [7, 11) is -6.00. The number of hydrogen-bond acceptors (Lipinski definition) is 5. The smallest absolute Gasteiger partial charge is 0.418 e. The Hall–Kier alpha value is -3.15. The maximum Gasteiger partial charge on any atom is 0.673 e. The lowest BCUT2D eigenvalue weighted by Crippen LogP contribution is -2.37. The molecule has 0 fully saturated rings. The number of carbonyl (C=O) groups excluding carboxylic acids is 2. The molecule has 0 saturated heterocycles. The van der Waals surface area contributed by atoms with E-state index < -0.39 is 7.25 Å². The van der Waals surface area contributed by atoms with Gasteiger partial charge in [-0.15, -0.1) is 0 Å². The third kappa shape index (κ3) is 6.01. The molecule has 33 heavy (non-hydrogen) atoms. The van der Waals surface area contributed by atoms with Crippen LogP contribution >= 0.6 is 11.3 Å². The second-order valence-electron chi connectivity index (χ2n) is 7.54. The van der Waals surface area contributed by atoms with E-state index in [1.807, 2.05) is 0 Å². The summed E-state index contributed by atoms with van der Waals surface area (Å²) >= 11 is 1.54. The quantitative estimate of drug-likeness (QED) is 0.237. The summed E-state index contributed by atoms with van der Waals surface area (Å²) < 4.78 is 41.1. The molecule has 0 atom stereocenters. The molecule has 4 rings (SSSR count). The van der Waals surface area contributed by atoms with Crippen molar-refractivity contribution in [2.24, 2.45) is 0 Å². The van der Waals surface area contributed by atoms with Crippen LogP contribution in [0, 0.1) is 20.8 Å². The fraction of sp³-hybridized carbons (Fsp3) is 0.286. The van der Waals surface area contributed by atoms with Gasteiger partial charge in [-0.05, 0) is 73.5 Å². The Balaban J connectivity index is 0.000000555. The van der Waals surface area contributed by atoms with Crippen molar-refractivity contribution < 1.29 is 31.4 Å². The van der Waals surface area contributed by atoms with Gasteiger partial charge in [0.25, 0.3) is 11.8 Å². The monoisotopic (exact) mass is 480 g/mol. The maximum absolute atomic E-state index is 12.4. The predicted octanol–water partition coefficient (Wildman–Crippen LogP) is 4.27. The number of hydrogen-bond donors (Lipinski definition) is 0. The Bertz CT molecular complexity index is 1130. The summed E-state index contributed by atoms with van der Waals surface area (Å²) in [5.74, 6) is -0.417. The van der Waals surface area contributed by atoms with Crippen molar-refractivity contribution in [2.75, 3.05) is 6.54 Å². The minimum atomic E-state index is -6.00. The number of aromatic nitrogens is 3. The van der Waals surface area contributed by atoms with Crippen LogP contribution in [0.5, 0.6) is 0 Å². The molecule has 0 saturated carbocycles. The number of nitrogens with zero attached hydrogens (tertiary/aromatic N) is 4. The Kier molecular flexibility index (Phi) is 7.26. The van der Waals surface area contributed by atoms with Crippen LogP contribution in [0.15, 0.2) is 36.4 Å². The van der Waals surface area contributed by atoms with Crippen molar-refractivity contribution in [1.29, 1.82) is 0 Å². The zero-order chi connectivity index (χ0) is 24.3. The first-order chi connectivity index (χ1) is 15.5. The van der Waals surface area contributed by atoms with E-state index in [2.05, 4.69) is 47.7 Å². The molecule has 0 radical (unpaired) electrons. The molecule has 1 aliphatic rings. The van der Waals surface area contributed by atoms with E-state index in [9.17, 15) is 26.9 Å². The van der Waals surface area contributed by atoms with Gasteiger partial charge in [0.15, 0.2) is 0 Å². The van der Waals surface area contributed by atoms with Gasteiger partial charge >= 0.3 is 12.4 Å². The molecule has 0 spiro atoms. The average Bonchev–Trinajstić information content (AvgIpc) is 3.25. The molecular formula is C21H21BF4N4O2S. The molecule has 174 valence electrons. The molecule has 2 aromatic heterocycles. The third-order valence-electron chi connectivity index (χ3n) is 4.88. The molecule has 12 heteroatoms. The molecule has 0 aliphatic carbocycles. The van der Waals surface area contributed by atoms with E-state index in [-0.39, 0.29) is 11.8 Å². The highest BCUT2D eigenvalue weighted by atomic mass is 32.1. The zero-order valence-electron chi connectivity index (χ0n) is 18.2. The zero-order valence-corrected chi connectivity index (χ0v) is 19.0. The van der Waals surface area contributed by atoms with Gasteiger partial charge < -0.3 is 17.3 Å². The number of carbonyl (C=O) groups is 2. The van der Waals surface area contributed by atoms with Crippen LogP contribution in [-0.4, -0.2) is 40.7 Å². The first-order valence-electron chi connectivity index (χ1n) is 10.1. The minimum Gasteiger partial charge on any atom is -0.418 e. The van der Waals surface area contributed by atoms with Crippen LogP contribution < -0.4 is 4.57 Å². The van der Waals surface area contributed by atoms with E-state index in [0.29, 0.717) is 30.5 Å². The van der Waals surface area contributed by atoms with Gasteiger partial charge in [0, 0.05) is 13.0 Å². The Labute approximate surface area is 192 Å². The van der Waals surface area contributed by atoms with Crippen molar-refractivity contribution in [3.8, 4) is 5.13 Å². The molecule has 0 unspecified atom stereocenters. The Morgan fingerprint density at radius 1 is 0.939 bits per heavy atom. The van der Waals surface area contributed by atoms with Crippen LogP contribution in [-0.2, 0) is 6.42 Å². The normalized spacial score (nSPS) is 13.1. The van der Waals surface area contributed by atoms with Crippen LogP contribution in [0.25, 0.3) is 5.13 Å². The highest BCUT2D eigenvalue weighted by Gasteiger charge is 2.34. The van der Waals surface area contributed by atoms with Gasteiger partial charge in [-0.25, -0.2) is 0 Å². The maximum atomic E-state index is 12.4. The molecule has 3 aromatic rings. The van der Waals surface area contributed by atoms with Crippen LogP contribution in [0.4, 0.5) is 17.3 Å². The van der Waals surface area contributed by atoms with E-state index >= 15 is 0 Å². The average molecular weight is 480 g/mol. The Morgan fingerprint density at radius 3 is 1.97 bits per heavy atom. The SMILES string of the molecule is Cc1cc(C)[n+](-c2nnc(CCCN3C(=O)c4ccccc4C3=O)s2)c(C)c1.F[B-](F)(F)F. The molecule has 2 amide bonds. The first kappa shape index (κ1) is 24.5. The van der Waals surface area contributed by atoms with Crippen molar-refractivity contribution in [3.63, 3.8) is 0 Å². The van der Waals surface area contributed by atoms with Crippen molar-refractivity contribution in [1.82, 2.24) is 15.1 Å². The topological polar surface area (TPSA) is 67.0 Å². The molecule has 0 bridgehead atoms. The standard InChI is InChI=1S/C21H21N4O2S.BF4/c1-13-11-14(2)25(15(3)12-13)21-23-22-18(28-21)9-6-10-24-19(26)16-7-4-5-8-17(16)20(24)27;2-1(3,4)5/h4-5,7-8,11-12H,6,9-10H2,1-3H3;/q+1;-1. The first-order valence-corrected chi connectivity index (χ1v) is 10.9. The third-order valence-corrected chi connectivity index (χ3v) is 5.84. The summed E-state index contributed by atoms with van der Waals surface area (Å²) in [6.45, 7) is 6.58. The molecule has 0 N–H and O–H groups in total. The van der Waals surface area contributed by atoms with Crippen molar-refractivity contribution in [2.45, 2.75) is 33.6 Å². The van der Waals surface area contributed by atoms with E-state index in [4.69, 9.17) is 0 Å². The lowest BCUT2D eigenvalue weighted by molar-refractivity contribution is -0.609. The Morgan fingerprint density at radius 2 is 1.45 bits per heavy atom. The van der Waals surface area contributed by atoms with Crippen molar-refractivity contribution in [3.05, 3.63) is 69.5 Å². The summed E-state index contributed by atoms with van der Waals surface area (Å²) in [5, 5.41) is 10.4. The molecule has 1 aliphatic heterocycles. The van der Waals surface area contributed by atoms with Crippen LogP contribution in [0.3, 0.4) is 0 Å². The number of amides is 2. The van der Waals surface area contributed by atoms with Crippen LogP contribution in [0.2, 0.25) is 0 Å². The highest BCUT2D eigenvalue weighted by Crippen LogP contribution is 2.23. The number of rotatable bonds is 5. The summed E-state index contributed by atoms with van der Waals surface area (Å²) in [5.41, 5.74) is 4.44. The number of benzene rings is 1. The fourth-order valence-electron chi connectivity index (χ4n) is 3.68. The van der Waals surface area contributed by atoms with Gasteiger partial charge in [0.2, 0.25) is 0 Å². The van der Waals surface area contributed by atoms with Crippen LogP contribution in [0.1, 0.15) is 49.1 Å². The van der Waals surface area contributed by atoms with E-state index in [0.717, 1.165) is 21.5 Å². The number of aryl methyl sites for hydroxylation is 4. The summed E-state index contributed by atoms with van der Waals surface area (Å²) in [6, 6.07) is 11.2. The molecule has 3 heterocycles. The number of imide groups is 1. The second-order valence-corrected chi connectivity index (χ2v) is 8.58. The van der Waals surface area contributed by atoms with Crippen molar-refractivity contribution >= 4 is 30.4 Å². The number of pyridine rings is 1. The summed E-state index contributed by atoms with van der Waals surface area (Å²) in [4.78, 5) is 26.2. The van der Waals surface area contributed by atoms with Gasteiger partial charge in [-0.2, -0.15) is 4.57 Å². The fourth-order valence-corrected chi connectivity index (χ4v) is 4.68. The van der Waals surface area contributed by atoms with Gasteiger partial charge in [0.05, 0.1) is 16.2 Å². The van der Waals surface area contributed by atoms with Gasteiger partial charge in [-0.1, -0.05) is 12.1 Å². The molecular weight excluding hydrogens is 459 g/mol. The van der Waals surface area contributed by atoms with E-state index in [1.165, 1.54) is 10.5 Å². The molecule has 6 nitrogen and oxygen atoms in total. The lowest BCUT2D eigenvalue weighted by Gasteiger charge is -2.12. The summed E-state index contributed by atoms with van der Waals surface area (Å²) in [6.07, 6.45) is 1.34. The number of halogens is 4. The second kappa shape index (κ2) is 9.78. The largest absolute Gasteiger partial charge is 0.673 e. The lowest BCUT2D eigenvalue weighted by atomic mass is 10.1. The highest BCUT2D eigenvalue weighted by molar-refractivity contribution is 7.13. The predicted molar refractivity (Wildman–Crippen MR) is 116 cm³/mol. The number of fused-ring (bicyclic) bond motifs is 1. The minimum absolute atomic E-state index is 0.208.